The van der Waals surface area contributed by atoms with Gasteiger partial charge in [-0.25, -0.2) is 0 Å². The standard InChI is InChI=1S/C31H41N3O7Si/c1-6-14-34-25-13-12-23(32-29(38)21(3)36)17-24(25)31(30(34)39)20(2)28(42(4,5)40)26(41-31)18-27(37)33(15-16-35)19-22-10-8-7-9-11-22/h6-13,17,20-21,26,28,35-36,40H,1,14-16,18-19H2,2-5H3,(H,32,38)/t20-,21-,26+,28-,31+/m0/s1. The van der Waals surface area contributed by atoms with Crippen molar-refractivity contribution in [3.63, 3.8) is 0 Å². The lowest BCUT2D eigenvalue weighted by molar-refractivity contribution is -0.149. The highest BCUT2D eigenvalue weighted by molar-refractivity contribution is 6.71. The summed E-state index contributed by atoms with van der Waals surface area (Å²) in [6, 6.07) is 14.5. The second-order valence-corrected chi connectivity index (χ2v) is 15.7. The molecule has 2 aromatic rings. The topological polar surface area (TPSA) is 140 Å². The summed E-state index contributed by atoms with van der Waals surface area (Å²) < 4.78 is 6.71. The number of aliphatic hydroxyl groups is 2. The summed E-state index contributed by atoms with van der Waals surface area (Å²) in [4.78, 5) is 54.8. The molecule has 0 bridgehead atoms. The van der Waals surface area contributed by atoms with Gasteiger partial charge in [0.1, 0.15) is 6.10 Å². The molecule has 4 N–H and O–H groups in total. The maximum absolute atomic E-state index is 14.2. The second-order valence-electron chi connectivity index (χ2n) is 11.7. The minimum atomic E-state index is -3.02. The van der Waals surface area contributed by atoms with Crippen LogP contribution in [-0.4, -0.2) is 77.9 Å². The SMILES string of the molecule is C=CCN1C(=O)[C@]2(O[C@H](CC(=O)N(CCO)Cc3ccccc3)[C@@H]([Si](C)(C)O)[C@@H]2C)c2cc(NC(=O)[C@H](C)O)ccc21. The Balaban J connectivity index is 1.74. The molecular formula is C31H41N3O7Si. The van der Waals surface area contributed by atoms with Gasteiger partial charge in [-0.3, -0.25) is 14.4 Å². The van der Waals surface area contributed by atoms with Gasteiger partial charge in [0.05, 0.1) is 24.8 Å². The molecule has 2 aliphatic rings. The van der Waals surface area contributed by atoms with Crippen LogP contribution in [0.2, 0.25) is 18.6 Å². The van der Waals surface area contributed by atoms with Gasteiger partial charge in [-0.2, -0.15) is 0 Å². The van der Waals surface area contributed by atoms with Gasteiger partial charge in [0.2, 0.25) is 5.91 Å². The maximum atomic E-state index is 14.2. The number of aliphatic hydroxyl groups excluding tert-OH is 2. The highest BCUT2D eigenvalue weighted by atomic mass is 28.4. The Morgan fingerprint density at radius 1 is 1.24 bits per heavy atom. The van der Waals surface area contributed by atoms with E-state index in [0.717, 1.165) is 5.56 Å². The van der Waals surface area contributed by atoms with Crippen molar-refractivity contribution in [1.29, 1.82) is 0 Å². The zero-order valence-electron chi connectivity index (χ0n) is 24.6. The molecule has 2 aliphatic heterocycles. The van der Waals surface area contributed by atoms with Gasteiger partial charge in [0, 0.05) is 42.3 Å². The monoisotopic (exact) mass is 595 g/mol. The van der Waals surface area contributed by atoms with E-state index in [0.29, 0.717) is 23.5 Å². The first-order valence-electron chi connectivity index (χ1n) is 14.2. The fourth-order valence-corrected chi connectivity index (χ4v) is 8.98. The van der Waals surface area contributed by atoms with Crippen LogP contribution in [0.15, 0.2) is 61.2 Å². The number of fused-ring (bicyclic) bond motifs is 2. The van der Waals surface area contributed by atoms with Gasteiger partial charge in [-0.1, -0.05) is 43.3 Å². The van der Waals surface area contributed by atoms with E-state index in [1.54, 1.807) is 47.2 Å². The molecule has 0 saturated carbocycles. The molecule has 226 valence electrons. The highest BCUT2D eigenvalue weighted by Gasteiger charge is 2.66. The molecule has 2 aromatic carbocycles. The summed E-state index contributed by atoms with van der Waals surface area (Å²) in [5.74, 6) is -1.67. The number of benzene rings is 2. The third-order valence-corrected chi connectivity index (χ3v) is 10.8. The number of hydrogen-bond acceptors (Lipinski definition) is 7. The van der Waals surface area contributed by atoms with Crippen LogP contribution in [0.5, 0.6) is 0 Å². The Labute approximate surface area is 247 Å². The number of amides is 3. The van der Waals surface area contributed by atoms with Crippen LogP contribution in [0.25, 0.3) is 0 Å². The van der Waals surface area contributed by atoms with Crippen molar-refractivity contribution in [2.75, 3.05) is 29.9 Å². The number of nitrogens with one attached hydrogen (secondary N) is 1. The molecule has 11 heteroatoms. The van der Waals surface area contributed by atoms with Crippen molar-refractivity contribution >= 4 is 37.4 Å². The Morgan fingerprint density at radius 2 is 1.93 bits per heavy atom. The Hall–Kier alpha value is -3.35. The van der Waals surface area contributed by atoms with E-state index in [1.165, 1.54) is 6.92 Å². The van der Waals surface area contributed by atoms with Gasteiger partial charge in [-0.05, 0) is 43.8 Å². The molecule has 0 aliphatic carbocycles. The van der Waals surface area contributed by atoms with Gasteiger partial charge in [-0.15, -0.1) is 6.58 Å². The zero-order valence-corrected chi connectivity index (χ0v) is 25.6. The molecule has 1 spiro atoms. The van der Waals surface area contributed by atoms with Crippen LogP contribution >= 0.6 is 0 Å². The first kappa shape index (κ1) is 31.6. The Kier molecular flexibility index (Phi) is 9.38. The van der Waals surface area contributed by atoms with Gasteiger partial charge < -0.3 is 34.9 Å². The fourth-order valence-electron chi connectivity index (χ4n) is 6.43. The van der Waals surface area contributed by atoms with Crippen LogP contribution in [0.1, 0.15) is 31.4 Å². The lowest BCUT2D eigenvalue weighted by Gasteiger charge is -2.32. The van der Waals surface area contributed by atoms with Gasteiger partial charge >= 0.3 is 0 Å². The lowest BCUT2D eigenvalue weighted by Crippen LogP contribution is -2.46. The van der Waals surface area contributed by atoms with E-state index in [1.807, 2.05) is 37.3 Å². The summed E-state index contributed by atoms with van der Waals surface area (Å²) in [5, 5.41) is 22.1. The van der Waals surface area contributed by atoms with E-state index in [9.17, 15) is 29.4 Å². The number of nitrogens with zero attached hydrogens (tertiary/aromatic N) is 2. The van der Waals surface area contributed by atoms with E-state index in [2.05, 4.69) is 11.9 Å². The highest BCUT2D eigenvalue weighted by Crippen LogP contribution is 2.60. The molecule has 4 rings (SSSR count). The van der Waals surface area contributed by atoms with Crippen LogP contribution in [0.3, 0.4) is 0 Å². The van der Waals surface area contributed by atoms with Gasteiger partial charge in [0.25, 0.3) is 11.8 Å². The quantitative estimate of drug-likeness (QED) is 0.231. The van der Waals surface area contributed by atoms with Crippen molar-refractivity contribution in [2.24, 2.45) is 5.92 Å². The van der Waals surface area contributed by atoms with Crippen molar-refractivity contribution in [3.05, 3.63) is 72.3 Å². The molecule has 0 radical (unpaired) electrons. The van der Waals surface area contributed by atoms with Crippen molar-refractivity contribution in [2.45, 2.75) is 63.3 Å². The molecule has 1 fully saturated rings. The molecule has 42 heavy (non-hydrogen) atoms. The third kappa shape index (κ3) is 5.93. The zero-order chi connectivity index (χ0) is 30.8. The average molecular weight is 596 g/mol. The summed E-state index contributed by atoms with van der Waals surface area (Å²) in [5.41, 5.74) is 0.433. The second kappa shape index (κ2) is 12.5. The predicted molar refractivity (Wildman–Crippen MR) is 162 cm³/mol. The fraction of sp³-hybridized carbons (Fsp3) is 0.452. The number of ether oxygens (including phenoxy) is 1. The van der Waals surface area contributed by atoms with E-state index in [-0.39, 0.29) is 37.9 Å². The van der Waals surface area contributed by atoms with Crippen molar-refractivity contribution in [1.82, 2.24) is 4.90 Å². The van der Waals surface area contributed by atoms with Crippen LogP contribution in [-0.2, 0) is 31.3 Å². The van der Waals surface area contributed by atoms with Crippen LogP contribution in [0, 0.1) is 5.92 Å². The Bertz CT molecular complexity index is 1330. The third-order valence-electron chi connectivity index (χ3n) is 8.26. The molecule has 0 unspecified atom stereocenters. The molecular weight excluding hydrogens is 554 g/mol. The number of rotatable bonds is 11. The predicted octanol–water partition coefficient (Wildman–Crippen LogP) is 2.75. The molecule has 3 amide bonds. The number of carbonyl (C=O) groups excluding carboxylic acids is 3. The summed E-state index contributed by atoms with van der Waals surface area (Å²) in [7, 11) is -3.02. The molecule has 2 heterocycles. The summed E-state index contributed by atoms with van der Waals surface area (Å²) in [6.45, 7) is 11.0. The van der Waals surface area contributed by atoms with E-state index in [4.69, 9.17) is 4.74 Å². The molecule has 0 aromatic heterocycles. The van der Waals surface area contributed by atoms with Gasteiger partial charge in [0.15, 0.2) is 13.9 Å². The molecule has 1 saturated heterocycles. The molecule has 5 atom stereocenters. The minimum Gasteiger partial charge on any atom is -0.432 e. The normalized spacial score (nSPS) is 24.0. The van der Waals surface area contributed by atoms with Crippen molar-refractivity contribution in [3.8, 4) is 0 Å². The van der Waals surface area contributed by atoms with Crippen molar-refractivity contribution < 1.29 is 34.1 Å². The largest absolute Gasteiger partial charge is 0.432 e. The van der Waals surface area contributed by atoms with E-state index >= 15 is 0 Å². The first-order chi connectivity index (χ1) is 19.8. The van der Waals surface area contributed by atoms with Crippen LogP contribution in [0.4, 0.5) is 11.4 Å². The summed E-state index contributed by atoms with van der Waals surface area (Å²) >= 11 is 0. The number of anilines is 2. The minimum absolute atomic E-state index is 0.0803. The lowest BCUT2D eigenvalue weighted by atomic mass is 9.82. The summed E-state index contributed by atoms with van der Waals surface area (Å²) in [6.07, 6.45) is -0.467. The Morgan fingerprint density at radius 3 is 2.52 bits per heavy atom. The average Bonchev–Trinajstić information content (AvgIpc) is 3.35. The first-order valence-corrected chi connectivity index (χ1v) is 17.3. The molecule has 10 nitrogen and oxygen atoms in total. The maximum Gasteiger partial charge on any atom is 0.264 e. The van der Waals surface area contributed by atoms with Crippen LogP contribution < -0.4 is 10.2 Å². The number of hydrogen-bond donors (Lipinski definition) is 4. The van der Waals surface area contributed by atoms with E-state index < -0.39 is 43.5 Å². The number of carbonyl (C=O) groups is 3. The smallest absolute Gasteiger partial charge is 0.264 e.